The van der Waals surface area contributed by atoms with E-state index in [1.807, 2.05) is 31.2 Å². The van der Waals surface area contributed by atoms with Gasteiger partial charge in [0.25, 0.3) is 0 Å². The van der Waals surface area contributed by atoms with Gasteiger partial charge in [-0.15, -0.1) is 0 Å². The van der Waals surface area contributed by atoms with Gasteiger partial charge in [0.1, 0.15) is 11.6 Å². The summed E-state index contributed by atoms with van der Waals surface area (Å²) in [6.07, 6.45) is 10.8. The molecule has 33 heavy (non-hydrogen) atoms. The predicted octanol–water partition coefficient (Wildman–Crippen LogP) is 1.35. The SMILES string of the molecule is CCCCCN1CC=C[C@]23O[C@H]4C=CCN(CCC)C(=O)[C@H]4[C@H]2C(=O)N([C@H](C)CO)C3C1=O. The molecule has 0 saturated carbocycles. The molecule has 3 amide bonds. The third kappa shape index (κ3) is 3.81. The zero-order valence-electron chi connectivity index (χ0n) is 20.0. The molecule has 0 aromatic heterocycles. The minimum absolute atomic E-state index is 0.0933. The minimum atomic E-state index is -1.21. The summed E-state index contributed by atoms with van der Waals surface area (Å²) in [5.74, 6) is -1.99. The zero-order chi connectivity index (χ0) is 23.8. The topological polar surface area (TPSA) is 90.4 Å². The van der Waals surface area contributed by atoms with Crippen molar-refractivity contribution in [2.75, 3.05) is 32.8 Å². The van der Waals surface area contributed by atoms with E-state index in [4.69, 9.17) is 4.74 Å². The fraction of sp³-hybridized carbons (Fsp3) is 0.720. The molecule has 4 heterocycles. The number of carbonyl (C=O) groups excluding carboxylic acids is 3. The minimum Gasteiger partial charge on any atom is -0.394 e. The van der Waals surface area contributed by atoms with Gasteiger partial charge in [-0.1, -0.05) is 51.0 Å². The summed E-state index contributed by atoms with van der Waals surface area (Å²) in [5.41, 5.74) is -1.21. The van der Waals surface area contributed by atoms with Crippen LogP contribution < -0.4 is 0 Å². The van der Waals surface area contributed by atoms with Crippen molar-refractivity contribution < 1.29 is 24.2 Å². The maximum absolute atomic E-state index is 13.9. The number of ether oxygens (including phenoxy) is 1. The molecule has 8 nitrogen and oxygen atoms in total. The van der Waals surface area contributed by atoms with Gasteiger partial charge in [0, 0.05) is 26.2 Å². The Bertz CT molecular complexity index is 842. The lowest BCUT2D eigenvalue weighted by Crippen LogP contribution is -2.57. The number of rotatable bonds is 8. The van der Waals surface area contributed by atoms with Gasteiger partial charge in [-0.3, -0.25) is 14.4 Å². The molecule has 6 atom stereocenters. The van der Waals surface area contributed by atoms with Gasteiger partial charge in [-0.25, -0.2) is 0 Å². The monoisotopic (exact) mass is 459 g/mol. The second kappa shape index (κ2) is 9.58. The summed E-state index contributed by atoms with van der Waals surface area (Å²) in [6, 6.07) is -1.44. The number of aliphatic hydroxyl groups is 1. The number of likely N-dealkylation sites (tertiary alicyclic amines) is 1. The van der Waals surface area contributed by atoms with Crippen LogP contribution in [0.3, 0.4) is 0 Å². The molecule has 2 fully saturated rings. The molecule has 1 N–H and O–H groups in total. The number of aliphatic hydroxyl groups excluding tert-OH is 1. The molecule has 0 bridgehead atoms. The Hall–Kier alpha value is -2.19. The summed E-state index contributed by atoms with van der Waals surface area (Å²) in [6.45, 7) is 7.79. The van der Waals surface area contributed by atoms with E-state index >= 15 is 0 Å². The van der Waals surface area contributed by atoms with Crippen molar-refractivity contribution in [1.29, 1.82) is 0 Å². The highest BCUT2D eigenvalue weighted by Crippen LogP contribution is 2.53. The standard InChI is InChI=1S/C25H37N3O5/c1-4-6-7-13-27-15-9-11-25-20(23(31)28(17(3)16-29)21(25)24(27)32)19-18(33-25)10-8-14-26(12-5-2)22(19)30/h8-11,17-21,29H,4-7,12-16H2,1-3H3/t17-,18+,19-,20+,21?,25+/m1/s1. The second-order valence-corrected chi connectivity index (χ2v) is 9.73. The first kappa shape index (κ1) is 24.0. The normalized spacial score (nSPS) is 34.3. The summed E-state index contributed by atoms with van der Waals surface area (Å²) in [5, 5.41) is 9.94. The van der Waals surface area contributed by atoms with E-state index in [-0.39, 0.29) is 24.3 Å². The van der Waals surface area contributed by atoms with Crippen LogP contribution in [0.2, 0.25) is 0 Å². The molecule has 0 aromatic carbocycles. The Labute approximate surface area is 196 Å². The smallest absolute Gasteiger partial charge is 0.249 e. The predicted molar refractivity (Wildman–Crippen MR) is 123 cm³/mol. The molecule has 4 aliphatic rings. The van der Waals surface area contributed by atoms with Gasteiger partial charge in [0.05, 0.1) is 30.6 Å². The van der Waals surface area contributed by atoms with Gasteiger partial charge in [0.15, 0.2) is 0 Å². The highest BCUT2D eigenvalue weighted by Gasteiger charge is 2.72. The Balaban J connectivity index is 1.76. The van der Waals surface area contributed by atoms with Crippen molar-refractivity contribution in [3.05, 3.63) is 24.3 Å². The first-order valence-corrected chi connectivity index (χ1v) is 12.4. The van der Waals surface area contributed by atoms with E-state index in [1.54, 1.807) is 16.7 Å². The molecule has 1 spiro atoms. The number of hydrogen-bond donors (Lipinski definition) is 1. The first-order chi connectivity index (χ1) is 15.9. The Morgan fingerprint density at radius 2 is 1.76 bits per heavy atom. The number of hydrogen-bond acceptors (Lipinski definition) is 5. The van der Waals surface area contributed by atoms with E-state index in [0.717, 1.165) is 25.7 Å². The van der Waals surface area contributed by atoms with Crippen LogP contribution in [0.4, 0.5) is 0 Å². The lowest BCUT2D eigenvalue weighted by atomic mass is 9.77. The molecule has 1 unspecified atom stereocenters. The Morgan fingerprint density at radius 1 is 1.03 bits per heavy atom. The lowest BCUT2D eigenvalue weighted by molar-refractivity contribution is -0.151. The summed E-state index contributed by atoms with van der Waals surface area (Å²) >= 11 is 0. The van der Waals surface area contributed by atoms with Crippen molar-refractivity contribution in [3.8, 4) is 0 Å². The van der Waals surface area contributed by atoms with Crippen LogP contribution in [-0.4, -0.2) is 94.1 Å². The lowest BCUT2D eigenvalue weighted by Gasteiger charge is -2.37. The summed E-state index contributed by atoms with van der Waals surface area (Å²) < 4.78 is 6.56. The first-order valence-electron chi connectivity index (χ1n) is 12.4. The largest absolute Gasteiger partial charge is 0.394 e. The molecule has 0 radical (unpaired) electrons. The molecule has 182 valence electrons. The van der Waals surface area contributed by atoms with Gasteiger partial charge < -0.3 is 24.5 Å². The van der Waals surface area contributed by atoms with Crippen LogP contribution in [0.15, 0.2) is 24.3 Å². The number of nitrogens with zero attached hydrogens (tertiary/aromatic N) is 3. The third-order valence-electron chi connectivity index (χ3n) is 7.53. The average molecular weight is 460 g/mol. The molecule has 8 heteroatoms. The second-order valence-electron chi connectivity index (χ2n) is 9.73. The number of amides is 3. The quantitative estimate of drug-likeness (QED) is 0.437. The molecule has 0 aliphatic carbocycles. The fourth-order valence-electron chi connectivity index (χ4n) is 5.96. The van der Waals surface area contributed by atoms with Crippen LogP contribution >= 0.6 is 0 Å². The van der Waals surface area contributed by atoms with Crippen molar-refractivity contribution in [2.45, 2.75) is 70.2 Å². The summed E-state index contributed by atoms with van der Waals surface area (Å²) in [7, 11) is 0. The molecule has 2 saturated heterocycles. The maximum atomic E-state index is 13.9. The average Bonchev–Trinajstić information content (AvgIpc) is 3.13. The van der Waals surface area contributed by atoms with E-state index in [2.05, 4.69) is 6.92 Å². The van der Waals surface area contributed by atoms with Crippen molar-refractivity contribution in [1.82, 2.24) is 14.7 Å². The highest BCUT2D eigenvalue weighted by molar-refractivity contribution is 6.00. The van der Waals surface area contributed by atoms with Gasteiger partial charge in [0.2, 0.25) is 17.7 Å². The van der Waals surface area contributed by atoms with Crippen LogP contribution in [-0.2, 0) is 19.1 Å². The highest BCUT2D eigenvalue weighted by atomic mass is 16.5. The number of carbonyl (C=O) groups is 3. The Morgan fingerprint density at radius 3 is 2.45 bits per heavy atom. The molecular formula is C25H37N3O5. The third-order valence-corrected chi connectivity index (χ3v) is 7.53. The molecular weight excluding hydrogens is 422 g/mol. The van der Waals surface area contributed by atoms with Gasteiger partial charge >= 0.3 is 0 Å². The van der Waals surface area contributed by atoms with Crippen LogP contribution in [0, 0.1) is 11.8 Å². The molecule has 0 aromatic rings. The van der Waals surface area contributed by atoms with Crippen molar-refractivity contribution in [3.63, 3.8) is 0 Å². The summed E-state index contributed by atoms with van der Waals surface area (Å²) in [4.78, 5) is 46.4. The number of fused-ring (bicyclic) bond motifs is 2. The van der Waals surface area contributed by atoms with E-state index in [1.165, 1.54) is 4.90 Å². The van der Waals surface area contributed by atoms with Crippen LogP contribution in [0.5, 0.6) is 0 Å². The molecule has 4 rings (SSSR count). The Kier molecular flexibility index (Phi) is 6.96. The number of unbranched alkanes of at least 4 members (excludes halogenated alkanes) is 2. The fourth-order valence-corrected chi connectivity index (χ4v) is 5.96. The van der Waals surface area contributed by atoms with Crippen LogP contribution in [0.1, 0.15) is 46.5 Å². The van der Waals surface area contributed by atoms with Gasteiger partial charge in [-0.2, -0.15) is 0 Å². The van der Waals surface area contributed by atoms with E-state index in [9.17, 15) is 19.5 Å². The molecule has 4 aliphatic heterocycles. The van der Waals surface area contributed by atoms with Crippen molar-refractivity contribution in [2.24, 2.45) is 11.8 Å². The van der Waals surface area contributed by atoms with E-state index < -0.39 is 35.6 Å². The van der Waals surface area contributed by atoms with Crippen molar-refractivity contribution >= 4 is 17.7 Å². The zero-order valence-corrected chi connectivity index (χ0v) is 20.0. The maximum Gasteiger partial charge on any atom is 0.249 e. The van der Waals surface area contributed by atoms with Crippen LogP contribution in [0.25, 0.3) is 0 Å². The van der Waals surface area contributed by atoms with E-state index in [0.29, 0.717) is 26.2 Å². The van der Waals surface area contributed by atoms with Gasteiger partial charge in [-0.05, 0) is 19.8 Å².